The molecule has 0 aliphatic carbocycles. The van der Waals surface area contributed by atoms with Crippen LogP contribution in [0.15, 0.2) is 12.1 Å². The monoisotopic (exact) mass is 334 g/mol. The van der Waals surface area contributed by atoms with Gasteiger partial charge in [-0.1, -0.05) is 6.92 Å². The number of piperazine rings is 1. The Balaban J connectivity index is 1.28. The fourth-order valence-corrected chi connectivity index (χ4v) is 5.18. The van der Waals surface area contributed by atoms with Crippen LogP contribution in [-0.4, -0.2) is 54.1 Å². The van der Waals surface area contributed by atoms with E-state index in [0.717, 1.165) is 58.4 Å². The van der Waals surface area contributed by atoms with Crippen LogP contribution in [0.4, 0.5) is 0 Å². The number of rotatable bonds is 4. The van der Waals surface area contributed by atoms with Crippen molar-refractivity contribution in [2.45, 2.75) is 51.4 Å². The highest BCUT2D eigenvalue weighted by Gasteiger charge is 2.45. The Kier molecular flexibility index (Phi) is 4.43. The number of fused-ring (bicyclic) bond motifs is 2. The molecular weight excluding hydrogens is 308 g/mol. The molecule has 0 unspecified atom stereocenters. The highest BCUT2D eigenvalue weighted by molar-refractivity contribution is 7.11. The van der Waals surface area contributed by atoms with Crippen molar-refractivity contribution in [2.24, 2.45) is 5.92 Å². The second-order valence-electron chi connectivity index (χ2n) is 7.04. The predicted molar refractivity (Wildman–Crippen MR) is 91.6 cm³/mol. The molecule has 1 amide bonds. The molecule has 2 bridgehead atoms. The maximum atomic E-state index is 12.7. The fraction of sp³-hybridized carbons (Fsp3) is 0.722. The van der Waals surface area contributed by atoms with Gasteiger partial charge in [0.1, 0.15) is 0 Å². The summed E-state index contributed by atoms with van der Waals surface area (Å²) in [5, 5.41) is 0. The van der Waals surface area contributed by atoms with E-state index >= 15 is 0 Å². The van der Waals surface area contributed by atoms with Crippen molar-refractivity contribution in [2.75, 3.05) is 26.2 Å². The van der Waals surface area contributed by atoms with Gasteiger partial charge in [0.2, 0.25) is 5.91 Å². The Bertz CT molecular complexity index is 565. The van der Waals surface area contributed by atoms with Gasteiger partial charge in [-0.25, -0.2) is 0 Å². The van der Waals surface area contributed by atoms with Crippen LogP contribution in [0.2, 0.25) is 0 Å². The van der Waals surface area contributed by atoms with Gasteiger partial charge in [-0.2, -0.15) is 0 Å². The number of carbonyl (C=O) groups is 1. The highest BCUT2D eigenvalue weighted by atomic mass is 32.1. The molecule has 4 rings (SSSR count). The summed E-state index contributed by atoms with van der Waals surface area (Å²) < 4.78 is 5.85. The number of nitrogens with zero attached hydrogens (tertiary/aromatic N) is 2. The molecule has 4 nitrogen and oxygen atoms in total. The number of aryl methyl sites for hydroxylation is 1. The standard InChI is InChI=1S/C18H26N2O2S/c1-2-14-4-5-15(23-14)12-19-7-9-20(10-8-19)18(21)16-11-13-3-6-17(16)22-13/h4-5,13,16-17H,2-3,6-12H2,1H3/t13-,16-,17+/m1/s1. The van der Waals surface area contributed by atoms with Gasteiger partial charge in [0, 0.05) is 42.5 Å². The van der Waals surface area contributed by atoms with Crippen molar-refractivity contribution in [3.63, 3.8) is 0 Å². The molecule has 3 aliphatic rings. The Morgan fingerprint density at radius 2 is 2.00 bits per heavy atom. The summed E-state index contributed by atoms with van der Waals surface area (Å²) in [6.07, 6.45) is 4.89. The molecule has 3 aliphatic heterocycles. The Morgan fingerprint density at radius 1 is 1.22 bits per heavy atom. The first kappa shape index (κ1) is 15.6. The summed E-state index contributed by atoms with van der Waals surface area (Å²) >= 11 is 1.92. The molecule has 3 fully saturated rings. The molecule has 5 heteroatoms. The number of hydrogen-bond acceptors (Lipinski definition) is 4. The number of carbonyl (C=O) groups excluding carboxylic acids is 1. The normalized spacial score (nSPS) is 31.0. The smallest absolute Gasteiger partial charge is 0.228 e. The van der Waals surface area contributed by atoms with Crippen molar-refractivity contribution >= 4 is 17.2 Å². The minimum atomic E-state index is 0.143. The van der Waals surface area contributed by atoms with E-state index in [2.05, 4.69) is 28.9 Å². The van der Waals surface area contributed by atoms with E-state index in [1.165, 1.54) is 9.75 Å². The first-order valence-corrected chi connectivity index (χ1v) is 9.78. The summed E-state index contributed by atoms with van der Waals surface area (Å²) in [5.41, 5.74) is 0. The molecule has 23 heavy (non-hydrogen) atoms. The zero-order valence-corrected chi connectivity index (χ0v) is 14.7. The third-order valence-corrected chi connectivity index (χ3v) is 6.77. The summed E-state index contributed by atoms with van der Waals surface area (Å²) in [5.74, 6) is 0.492. The second kappa shape index (κ2) is 6.54. The van der Waals surface area contributed by atoms with Crippen LogP contribution < -0.4 is 0 Å². The second-order valence-corrected chi connectivity index (χ2v) is 8.29. The van der Waals surface area contributed by atoms with Crippen molar-refractivity contribution in [1.82, 2.24) is 9.80 Å². The summed E-state index contributed by atoms with van der Waals surface area (Å²) in [6, 6.07) is 4.50. The largest absolute Gasteiger partial charge is 0.374 e. The maximum absolute atomic E-state index is 12.7. The number of hydrogen-bond donors (Lipinski definition) is 0. The zero-order valence-electron chi connectivity index (χ0n) is 13.9. The van der Waals surface area contributed by atoms with Gasteiger partial charge in [0.25, 0.3) is 0 Å². The predicted octanol–water partition coefficient (Wildman–Crippen LogP) is 2.52. The average Bonchev–Trinajstić information content (AvgIpc) is 3.31. The van der Waals surface area contributed by atoms with Crippen LogP contribution in [0.1, 0.15) is 35.9 Å². The summed E-state index contributed by atoms with van der Waals surface area (Å²) in [4.78, 5) is 20.2. The van der Waals surface area contributed by atoms with E-state index in [-0.39, 0.29) is 12.0 Å². The summed E-state index contributed by atoms with van der Waals surface area (Å²) in [6.45, 7) is 6.97. The van der Waals surface area contributed by atoms with E-state index < -0.39 is 0 Å². The van der Waals surface area contributed by atoms with E-state index in [1.54, 1.807) is 0 Å². The van der Waals surface area contributed by atoms with Crippen LogP contribution in [0.25, 0.3) is 0 Å². The highest BCUT2D eigenvalue weighted by Crippen LogP contribution is 2.39. The third-order valence-electron chi connectivity index (χ3n) is 5.55. The molecule has 4 heterocycles. The lowest BCUT2D eigenvalue weighted by Gasteiger charge is -2.36. The molecule has 3 saturated heterocycles. The summed E-state index contributed by atoms with van der Waals surface area (Å²) in [7, 11) is 0. The van der Waals surface area contributed by atoms with E-state index in [0.29, 0.717) is 12.0 Å². The van der Waals surface area contributed by atoms with Crippen LogP contribution in [-0.2, 0) is 22.5 Å². The quantitative estimate of drug-likeness (QED) is 0.848. The Morgan fingerprint density at radius 3 is 2.61 bits per heavy atom. The zero-order chi connectivity index (χ0) is 15.8. The minimum absolute atomic E-state index is 0.143. The average molecular weight is 334 g/mol. The number of amides is 1. The maximum Gasteiger partial charge on any atom is 0.228 e. The van der Waals surface area contributed by atoms with Gasteiger partial charge < -0.3 is 9.64 Å². The van der Waals surface area contributed by atoms with Crippen LogP contribution in [0.5, 0.6) is 0 Å². The molecule has 1 aromatic heterocycles. The lowest BCUT2D eigenvalue weighted by Crippen LogP contribution is -2.51. The number of thiophene rings is 1. The Hall–Kier alpha value is -0.910. The van der Waals surface area contributed by atoms with Crippen molar-refractivity contribution in [3.05, 3.63) is 21.9 Å². The Labute approximate surface area is 142 Å². The van der Waals surface area contributed by atoms with Gasteiger partial charge >= 0.3 is 0 Å². The fourth-order valence-electron chi connectivity index (χ4n) is 4.18. The van der Waals surface area contributed by atoms with Gasteiger partial charge in [0.05, 0.1) is 18.1 Å². The lowest BCUT2D eigenvalue weighted by molar-refractivity contribution is -0.139. The molecule has 3 atom stereocenters. The first-order chi connectivity index (χ1) is 11.2. The van der Waals surface area contributed by atoms with Crippen LogP contribution >= 0.6 is 11.3 Å². The van der Waals surface area contributed by atoms with Crippen LogP contribution in [0.3, 0.4) is 0 Å². The van der Waals surface area contributed by atoms with E-state index in [4.69, 9.17) is 4.74 Å². The molecule has 0 radical (unpaired) electrons. The minimum Gasteiger partial charge on any atom is -0.374 e. The lowest BCUT2D eigenvalue weighted by atomic mass is 9.88. The van der Waals surface area contributed by atoms with Crippen molar-refractivity contribution in [3.8, 4) is 0 Å². The first-order valence-electron chi connectivity index (χ1n) is 8.97. The molecule has 0 saturated carbocycles. The SMILES string of the molecule is CCc1ccc(CN2CCN(C(=O)[C@@H]3C[C@H]4CC[C@@H]3O4)CC2)s1. The molecule has 0 N–H and O–H groups in total. The van der Waals surface area contributed by atoms with Gasteiger partial charge in [-0.15, -0.1) is 11.3 Å². The molecule has 126 valence electrons. The third kappa shape index (κ3) is 3.19. The van der Waals surface area contributed by atoms with Gasteiger partial charge in [-0.3, -0.25) is 9.69 Å². The topological polar surface area (TPSA) is 32.8 Å². The molecule has 0 spiro atoms. The van der Waals surface area contributed by atoms with Gasteiger partial charge in [-0.05, 0) is 37.8 Å². The van der Waals surface area contributed by atoms with E-state index in [9.17, 15) is 4.79 Å². The molecule has 1 aromatic rings. The van der Waals surface area contributed by atoms with Crippen molar-refractivity contribution in [1.29, 1.82) is 0 Å². The van der Waals surface area contributed by atoms with Crippen molar-refractivity contribution < 1.29 is 9.53 Å². The molecular formula is C18H26N2O2S. The number of ether oxygens (including phenoxy) is 1. The van der Waals surface area contributed by atoms with Gasteiger partial charge in [0.15, 0.2) is 0 Å². The van der Waals surface area contributed by atoms with E-state index in [1.807, 2.05) is 11.3 Å². The van der Waals surface area contributed by atoms with Crippen LogP contribution in [0, 0.1) is 5.92 Å². The molecule has 0 aromatic carbocycles.